The summed E-state index contributed by atoms with van der Waals surface area (Å²) < 4.78 is 63.6. The van der Waals surface area contributed by atoms with Crippen molar-refractivity contribution in [2.24, 2.45) is 11.1 Å². The SMILES string of the molecule is CN(CC(C)(C)CN)S(=O)(=O)c1cccc(C(F)(F)F)c1.Cl. The molecule has 0 aliphatic carbocycles. The molecule has 0 unspecified atom stereocenters. The first kappa shape index (κ1) is 21.2. The number of nitrogens with two attached hydrogens (primary N) is 1. The molecule has 0 spiro atoms. The minimum atomic E-state index is -4.58. The summed E-state index contributed by atoms with van der Waals surface area (Å²) in [6.07, 6.45) is -4.58. The van der Waals surface area contributed by atoms with E-state index in [0.717, 1.165) is 22.5 Å². The molecule has 0 radical (unpaired) electrons. The van der Waals surface area contributed by atoms with Gasteiger partial charge in [-0.05, 0) is 30.2 Å². The first-order valence-electron chi connectivity index (χ1n) is 6.24. The van der Waals surface area contributed by atoms with Gasteiger partial charge >= 0.3 is 6.18 Å². The van der Waals surface area contributed by atoms with Crippen molar-refractivity contribution in [3.8, 4) is 0 Å². The number of rotatable bonds is 5. The highest BCUT2D eigenvalue weighted by molar-refractivity contribution is 7.89. The number of benzene rings is 1. The van der Waals surface area contributed by atoms with E-state index in [1.54, 1.807) is 13.8 Å². The predicted molar refractivity (Wildman–Crippen MR) is 81.3 cm³/mol. The maximum Gasteiger partial charge on any atom is 0.416 e. The van der Waals surface area contributed by atoms with E-state index < -0.39 is 27.2 Å². The van der Waals surface area contributed by atoms with E-state index >= 15 is 0 Å². The normalized spacial score (nSPS) is 13.1. The van der Waals surface area contributed by atoms with Crippen LogP contribution in [-0.2, 0) is 16.2 Å². The Kier molecular flexibility index (Phi) is 6.89. The average molecular weight is 361 g/mol. The maximum atomic E-state index is 12.7. The van der Waals surface area contributed by atoms with E-state index in [0.29, 0.717) is 6.07 Å². The highest BCUT2D eigenvalue weighted by Crippen LogP contribution is 2.31. The third kappa shape index (κ3) is 5.12. The standard InChI is InChI=1S/C13H19F3N2O2S.ClH/c1-12(2,8-17)9-18(3)21(19,20)11-6-4-5-10(7-11)13(14,15)16;/h4-7H,8-9,17H2,1-3H3;1H. The third-order valence-electron chi connectivity index (χ3n) is 3.07. The first-order chi connectivity index (χ1) is 9.40. The molecular weight excluding hydrogens is 341 g/mol. The van der Waals surface area contributed by atoms with Gasteiger partial charge in [-0.3, -0.25) is 0 Å². The minimum absolute atomic E-state index is 0. The highest BCUT2D eigenvalue weighted by Gasteiger charge is 2.33. The van der Waals surface area contributed by atoms with E-state index in [-0.39, 0.29) is 30.4 Å². The van der Waals surface area contributed by atoms with Crippen LogP contribution in [0.2, 0.25) is 0 Å². The lowest BCUT2D eigenvalue weighted by Gasteiger charge is -2.28. The second-order valence-electron chi connectivity index (χ2n) is 5.66. The van der Waals surface area contributed by atoms with Crippen molar-refractivity contribution in [2.75, 3.05) is 20.1 Å². The molecule has 0 aliphatic rings. The van der Waals surface area contributed by atoms with E-state index in [2.05, 4.69) is 0 Å². The van der Waals surface area contributed by atoms with Crippen LogP contribution in [-0.4, -0.2) is 32.9 Å². The smallest absolute Gasteiger partial charge is 0.330 e. The molecule has 0 bridgehead atoms. The van der Waals surface area contributed by atoms with Gasteiger partial charge in [0, 0.05) is 13.6 Å². The zero-order chi connectivity index (χ0) is 16.5. The van der Waals surface area contributed by atoms with Gasteiger partial charge < -0.3 is 5.73 Å². The van der Waals surface area contributed by atoms with Crippen molar-refractivity contribution >= 4 is 22.4 Å². The summed E-state index contributed by atoms with van der Waals surface area (Å²) in [5, 5.41) is 0. The Balaban J connectivity index is 0.00000441. The number of hydrogen-bond acceptors (Lipinski definition) is 3. The number of nitrogens with zero attached hydrogens (tertiary/aromatic N) is 1. The van der Waals surface area contributed by atoms with E-state index in [4.69, 9.17) is 5.73 Å². The first-order valence-corrected chi connectivity index (χ1v) is 7.68. The zero-order valence-corrected chi connectivity index (χ0v) is 14.1. The zero-order valence-electron chi connectivity index (χ0n) is 12.5. The predicted octanol–water partition coefficient (Wildman–Crippen LogP) is 2.73. The van der Waals surface area contributed by atoms with Crippen molar-refractivity contribution in [3.05, 3.63) is 29.8 Å². The Bertz CT molecular complexity index is 604. The molecule has 1 aromatic carbocycles. The van der Waals surface area contributed by atoms with E-state index in [1.807, 2.05) is 0 Å². The molecule has 9 heteroatoms. The van der Waals surface area contributed by atoms with E-state index in [9.17, 15) is 21.6 Å². The Morgan fingerprint density at radius 1 is 1.23 bits per heavy atom. The molecule has 4 nitrogen and oxygen atoms in total. The van der Waals surface area contributed by atoms with Gasteiger partial charge in [-0.2, -0.15) is 13.2 Å². The van der Waals surface area contributed by atoms with Gasteiger partial charge in [-0.25, -0.2) is 12.7 Å². The van der Waals surface area contributed by atoms with Crippen molar-refractivity contribution < 1.29 is 21.6 Å². The molecule has 22 heavy (non-hydrogen) atoms. The van der Waals surface area contributed by atoms with Crippen molar-refractivity contribution in [3.63, 3.8) is 0 Å². The Labute approximate surface area is 134 Å². The van der Waals surface area contributed by atoms with Crippen molar-refractivity contribution in [2.45, 2.75) is 24.9 Å². The van der Waals surface area contributed by atoms with Gasteiger partial charge in [0.1, 0.15) is 0 Å². The van der Waals surface area contributed by atoms with Gasteiger partial charge in [0.25, 0.3) is 0 Å². The van der Waals surface area contributed by atoms with Crippen LogP contribution >= 0.6 is 12.4 Å². The molecule has 1 aromatic rings. The molecule has 0 saturated heterocycles. The van der Waals surface area contributed by atoms with Gasteiger partial charge in [-0.15, -0.1) is 12.4 Å². The summed E-state index contributed by atoms with van der Waals surface area (Å²) in [6.45, 7) is 3.94. The molecule has 0 aliphatic heterocycles. The van der Waals surface area contributed by atoms with Crippen LogP contribution in [0.25, 0.3) is 0 Å². The molecule has 0 atom stereocenters. The number of sulfonamides is 1. The Morgan fingerprint density at radius 3 is 2.23 bits per heavy atom. The lowest BCUT2D eigenvalue weighted by atomic mass is 9.94. The van der Waals surface area contributed by atoms with Crippen molar-refractivity contribution in [1.82, 2.24) is 4.31 Å². The van der Waals surface area contributed by atoms with Crippen LogP contribution < -0.4 is 5.73 Å². The lowest BCUT2D eigenvalue weighted by Crippen LogP contribution is -2.39. The highest BCUT2D eigenvalue weighted by atomic mass is 35.5. The summed E-state index contributed by atoms with van der Waals surface area (Å²) in [6, 6.07) is 3.71. The summed E-state index contributed by atoms with van der Waals surface area (Å²) in [5.41, 5.74) is 4.09. The molecule has 2 N–H and O–H groups in total. The quantitative estimate of drug-likeness (QED) is 0.878. The molecule has 0 amide bonds. The Morgan fingerprint density at radius 2 is 1.77 bits per heavy atom. The monoisotopic (exact) mass is 360 g/mol. The van der Waals surface area contributed by atoms with Gasteiger partial charge in [0.15, 0.2) is 0 Å². The van der Waals surface area contributed by atoms with Crippen LogP contribution in [0.5, 0.6) is 0 Å². The Hall–Kier alpha value is -0.830. The van der Waals surface area contributed by atoms with Gasteiger partial charge in [0.2, 0.25) is 10.0 Å². The molecule has 0 fully saturated rings. The molecule has 0 heterocycles. The summed E-state index contributed by atoms with van der Waals surface area (Å²) in [4.78, 5) is -0.382. The fraction of sp³-hybridized carbons (Fsp3) is 0.538. The second kappa shape index (κ2) is 7.16. The number of alkyl halides is 3. The summed E-state index contributed by atoms with van der Waals surface area (Å²) in [5.74, 6) is 0. The number of hydrogen-bond donors (Lipinski definition) is 1. The van der Waals surface area contributed by atoms with Gasteiger partial charge in [-0.1, -0.05) is 19.9 Å². The average Bonchev–Trinajstić information content (AvgIpc) is 2.37. The fourth-order valence-corrected chi connectivity index (χ4v) is 3.17. The van der Waals surface area contributed by atoms with Crippen LogP contribution in [0.3, 0.4) is 0 Å². The largest absolute Gasteiger partial charge is 0.416 e. The van der Waals surface area contributed by atoms with Crippen LogP contribution in [0.1, 0.15) is 19.4 Å². The maximum absolute atomic E-state index is 12.7. The fourth-order valence-electron chi connectivity index (χ4n) is 1.77. The van der Waals surface area contributed by atoms with Crippen LogP contribution in [0.4, 0.5) is 13.2 Å². The van der Waals surface area contributed by atoms with E-state index in [1.165, 1.54) is 7.05 Å². The van der Waals surface area contributed by atoms with Gasteiger partial charge in [0.05, 0.1) is 10.5 Å². The molecule has 1 rings (SSSR count). The topological polar surface area (TPSA) is 63.4 Å². The summed E-state index contributed by atoms with van der Waals surface area (Å²) in [7, 11) is -2.66. The second-order valence-corrected chi connectivity index (χ2v) is 7.70. The number of halogens is 4. The third-order valence-corrected chi connectivity index (χ3v) is 4.87. The molecule has 0 aromatic heterocycles. The molecule has 128 valence electrons. The molecular formula is C13H20ClF3N2O2S. The lowest BCUT2D eigenvalue weighted by molar-refractivity contribution is -0.137. The van der Waals surface area contributed by atoms with Crippen LogP contribution in [0, 0.1) is 5.41 Å². The molecule has 0 saturated carbocycles. The minimum Gasteiger partial charge on any atom is -0.330 e. The summed E-state index contributed by atoms with van der Waals surface area (Å²) >= 11 is 0. The van der Waals surface area contributed by atoms with Crippen molar-refractivity contribution in [1.29, 1.82) is 0 Å². The van der Waals surface area contributed by atoms with Crippen LogP contribution in [0.15, 0.2) is 29.2 Å².